The highest BCUT2D eigenvalue weighted by atomic mass is 16.3. The molecule has 0 aliphatic heterocycles. The van der Waals surface area contributed by atoms with Crippen LogP contribution in [0.2, 0.25) is 0 Å². The van der Waals surface area contributed by atoms with Gasteiger partial charge in [-0.25, -0.2) is 0 Å². The molecule has 0 spiro atoms. The van der Waals surface area contributed by atoms with E-state index in [1.165, 1.54) is 18.4 Å². The molecule has 2 atom stereocenters. The highest BCUT2D eigenvalue weighted by Gasteiger charge is 2.39. The first kappa shape index (κ1) is 13.6. The molecule has 1 aliphatic carbocycles. The number of hydrogen-bond donors (Lipinski definition) is 1. The van der Waals surface area contributed by atoms with E-state index in [4.69, 9.17) is 0 Å². The predicted octanol–water partition coefficient (Wildman–Crippen LogP) is 4.67. The molecule has 0 saturated heterocycles. The fourth-order valence-corrected chi connectivity index (χ4v) is 3.25. The van der Waals surface area contributed by atoms with Gasteiger partial charge in [-0.3, -0.25) is 0 Å². The molecule has 100 valence electrons. The zero-order chi connectivity index (χ0) is 13.3. The summed E-state index contributed by atoms with van der Waals surface area (Å²) in [5.74, 6) is 0.960. The Labute approximate surface area is 111 Å². The minimum absolute atomic E-state index is 0.274. The lowest BCUT2D eigenvalue weighted by molar-refractivity contribution is 0.0531. The fraction of sp³-hybridized carbons (Fsp3) is 0.647. The van der Waals surface area contributed by atoms with Gasteiger partial charge in [0.15, 0.2) is 0 Å². The van der Waals surface area contributed by atoms with Crippen LogP contribution >= 0.6 is 0 Å². The Bertz CT molecular complexity index is 389. The first-order valence-electron chi connectivity index (χ1n) is 7.20. The van der Waals surface area contributed by atoms with Crippen molar-refractivity contribution < 1.29 is 5.11 Å². The van der Waals surface area contributed by atoms with Gasteiger partial charge in [0.2, 0.25) is 0 Å². The normalized spacial score (nSPS) is 24.4. The van der Waals surface area contributed by atoms with Crippen LogP contribution in [0.15, 0.2) is 24.3 Å². The van der Waals surface area contributed by atoms with Crippen LogP contribution in [0.25, 0.3) is 0 Å². The van der Waals surface area contributed by atoms with Crippen LogP contribution in [0.1, 0.15) is 70.1 Å². The molecule has 0 radical (unpaired) electrons. The van der Waals surface area contributed by atoms with Crippen LogP contribution in [0, 0.1) is 11.3 Å². The van der Waals surface area contributed by atoms with Gasteiger partial charge in [0, 0.05) is 0 Å². The van der Waals surface area contributed by atoms with Gasteiger partial charge in [-0.1, -0.05) is 58.4 Å². The van der Waals surface area contributed by atoms with Gasteiger partial charge >= 0.3 is 0 Å². The summed E-state index contributed by atoms with van der Waals surface area (Å²) in [7, 11) is 0. The van der Waals surface area contributed by atoms with Crippen molar-refractivity contribution in [2.24, 2.45) is 11.3 Å². The smallest absolute Gasteiger partial charge is 0.0823 e. The summed E-state index contributed by atoms with van der Waals surface area (Å²) >= 11 is 0. The average molecular weight is 246 g/mol. The third-order valence-corrected chi connectivity index (χ3v) is 4.67. The molecule has 1 aromatic carbocycles. The molecule has 1 aliphatic rings. The SMILES string of the molecule is CC(C)c1ccc(C(O)C2CCCC2(C)C)cc1. The summed E-state index contributed by atoms with van der Waals surface area (Å²) in [6, 6.07) is 8.53. The zero-order valence-corrected chi connectivity index (χ0v) is 12.1. The Morgan fingerprint density at radius 2 is 1.67 bits per heavy atom. The number of aliphatic hydroxyl groups excluding tert-OH is 1. The van der Waals surface area contributed by atoms with E-state index in [-0.39, 0.29) is 11.5 Å². The zero-order valence-electron chi connectivity index (χ0n) is 12.1. The molecular formula is C17H26O. The second-order valence-corrected chi connectivity index (χ2v) is 6.75. The summed E-state index contributed by atoms with van der Waals surface area (Å²) in [6.45, 7) is 8.98. The quantitative estimate of drug-likeness (QED) is 0.821. The molecule has 0 bridgehead atoms. The van der Waals surface area contributed by atoms with E-state index in [1.807, 2.05) is 0 Å². The van der Waals surface area contributed by atoms with Gasteiger partial charge in [-0.2, -0.15) is 0 Å². The fourth-order valence-electron chi connectivity index (χ4n) is 3.25. The maximum Gasteiger partial charge on any atom is 0.0823 e. The summed E-state index contributed by atoms with van der Waals surface area (Å²) < 4.78 is 0. The largest absolute Gasteiger partial charge is 0.388 e. The molecular weight excluding hydrogens is 220 g/mol. The van der Waals surface area contributed by atoms with Gasteiger partial charge in [-0.15, -0.1) is 0 Å². The third kappa shape index (κ3) is 2.61. The minimum Gasteiger partial charge on any atom is -0.388 e. The highest BCUT2D eigenvalue weighted by molar-refractivity contribution is 5.26. The molecule has 0 heterocycles. The van der Waals surface area contributed by atoms with Crippen molar-refractivity contribution in [2.45, 2.75) is 59.0 Å². The molecule has 1 fully saturated rings. The van der Waals surface area contributed by atoms with Crippen LogP contribution in [0.4, 0.5) is 0 Å². The van der Waals surface area contributed by atoms with E-state index < -0.39 is 0 Å². The van der Waals surface area contributed by atoms with Gasteiger partial charge < -0.3 is 5.11 Å². The van der Waals surface area contributed by atoms with E-state index in [0.29, 0.717) is 11.8 Å². The second-order valence-electron chi connectivity index (χ2n) is 6.75. The highest BCUT2D eigenvalue weighted by Crippen LogP contribution is 2.48. The molecule has 1 nitrogen and oxygen atoms in total. The molecule has 0 amide bonds. The lowest BCUT2D eigenvalue weighted by Gasteiger charge is -2.31. The Balaban J connectivity index is 2.16. The first-order valence-corrected chi connectivity index (χ1v) is 7.20. The lowest BCUT2D eigenvalue weighted by atomic mass is 9.76. The summed E-state index contributed by atoms with van der Waals surface area (Å²) in [5, 5.41) is 10.6. The molecule has 0 aromatic heterocycles. The summed E-state index contributed by atoms with van der Waals surface area (Å²) in [6.07, 6.45) is 3.33. The summed E-state index contributed by atoms with van der Waals surface area (Å²) in [5.41, 5.74) is 2.70. The van der Waals surface area contributed by atoms with Crippen molar-refractivity contribution in [3.8, 4) is 0 Å². The van der Waals surface area contributed by atoms with Crippen LogP contribution < -0.4 is 0 Å². The minimum atomic E-state index is -0.302. The van der Waals surface area contributed by atoms with Crippen molar-refractivity contribution >= 4 is 0 Å². The number of aliphatic hydroxyl groups is 1. The van der Waals surface area contributed by atoms with Crippen molar-refractivity contribution in [3.63, 3.8) is 0 Å². The Morgan fingerprint density at radius 1 is 1.11 bits per heavy atom. The van der Waals surface area contributed by atoms with E-state index >= 15 is 0 Å². The molecule has 1 N–H and O–H groups in total. The van der Waals surface area contributed by atoms with Crippen LogP contribution in [0.5, 0.6) is 0 Å². The molecule has 1 heteroatoms. The van der Waals surface area contributed by atoms with Gasteiger partial charge in [0.05, 0.1) is 6.10 Å². The van der Waals surface area contributed by atoms with Gasteiger partial charge in [-0.05, 0) is 41.2 Å². The van der Waals surface area contributed by atoms with Crippen molar-refractivity contribution in [3.05, 3.63) is 35.4 Å². The number of rotatable bonds is 3. The van der Waals surface area contributed by atoms with Crippen LogP contribution in [-0.2, 0) is 0 Å². The van der Waals surface area contributed by atoms with Crippen LogP contribution in [0.3, 0.4) is 0 Å². The standard InChI is InChI=1S/C17H26O/c1-12(2)13-7-9-14(10-8-13)16(18)15-6-5-11-17(15,3)4/h7-10,12,15-16,18H,5-6,11H2,1-4H3. The molecule has 1 saturated carbocycles. The summed E-state index contributed by atoms with van der Waals surface area (Å²) in [4.78, 5) is 0. The average Bonchev–Trinajstić information content (AvgIpc) is 2.68. The van der Waals surface area contributed by atoms with E-state index in [1.54, 1.807) is 0 Å². The lowest BCUT2D eigenvalue weighted by Crippen LogP contribution is -2.24. The number of benzene rings is 1. The van der Waals surface area contributed by atoms with Crippen molar-refractivity contribution in [2.75, 3.05) is 0 Å². The molecule has 1 aromatic rings. The van der Waals surface area contributed by atoms with E-state index in [9.17, 15) is 5.11 Å². The predicted molar refractivity (Wildman–Crippen MR) is 76.6 cm³/mol. The topological polar surface area (TPSA) is 20.2 Å². The molecule has 2 rings (SSSR count). The van der Waals surface area contributed by atoms with Gasteiger partial charge in [0.25, 0.3) is 0 Å². The van der Waals surface area contributed by atoms with Crippen LogP contribution in [-0.4, -0.2) is 5.11 Å². The monoisotopic (exact) mass is 246 g/mol. The first-order chi connectivity index (χ1) is 8.42. The molecule has 2 unspecified atom stereocenters. The van der Waals surface area contributed by atoms with Gasteiger partial charge in [0.1, 0.15) is 0 Å². The Morgan fingerprint density at radius 3 is 2.11 bits per heavy atom. The van der Waals surface area contributed by atoms with E-state index in [2.05, 4.69) is 52.0 Å². The van der Waals surface area contributed by atoms with Crippen molar-refractivity contribution in [1.29, 1.82) is 0 Å². The van der Waals surface area contributed by atoms with Crippen molar-refractivity contribution in [1.82, 2.24) is 0 Å². The Hall–Kier alpha value is -0.820. The third-order valence-electron chi connectivity index (χ3n) is 4.67. The maximum atomic E-state index is 10.6. The Kier molecular flexibility index (Phi) is 3.82. The molecule has 18 heavy (non-hydrogen) atoms. The maximum absolute atomic E-state index is 10.6. The van der Waals surface area contributed by atoms with E-state index in [0.717, 1.165) is 12.0 Å². The number of hydrogen-bond acceptors (Lipinski definition) is 1. The second kappa shape index (κ2) is 5.05.